The molecule has 1 aliphatic heterocycles. The summed E-state index contributed by atoms with van der Waals surface area (Å²) in [6, 6.07) is -0.441. The Morgan fingerprint density at radius 2 is 2.10 bits per heavy atom. The first-order valence-corrected chi connectivity index (χ1v) is 8.87. The summed E-state index contributed by atoms with van der Waals surface area (Å²) in [5.74, 6) is 0. The zero-order chi connectivity index (χ0) is 15.5. The van der Waals surface area contributed by atoms with Crippen LogP contribution in [-0.2, 0) is 19.3 Å². The quantitative estimate of drug-likeness (QED) is 0.761. The first kappa shape index (κ1) is 16.1. The minimum Gasteiger partial charge on any atom is -0.351 e. The van der Waals surface area contributed by atoms with Crippen LogP contribution in [0.3, 0.4) is 0 Å². The number of amides is 2. The number of aromatic nitrogens is 2. The van der Waals surface area contributed by atoms with E-state index in [0.29, 0.717) is 13.2 Å². The summed E-state index contributed by atoms with van der Waals surface area (Å²) >= 11 is 0.830. The number of carbonyl (C=O) groups is 1. The van der Waals surface area contributed by atoms with Crippen LogP contribution in [0.25, 0.3) is 0 Å². The molecule has 0 spiro atoms. The number of nitrogens with one attached hydrogen (secondary N) is 1. The lowest BCUT2D eigenvalue weighted by Crippen LogP contribution is -2.43. The molecular formula is C10H16N4O5S2. The number of nitrogens with zero attached hydrogens (tertiary/aromatic N) is 3. The SMILES string of the molecule is CN(C(=O)NCC1OCCCO1)c1nnc(S(C)(=O)=O)s1. The number of hydrogen-bond acceptors (Lipinski definition) is 8. The molecule has 0 bridgehead atoms. The highest BCUT2D eigenvalue weighted by Crippen LogP contribution is 2.22. The van der Waals surface area contributed by atoms with Crippen molar-refractivity contribution in [1.29, 1.82) is 0 Å². The van der Waals surface area contributed by atoms with E-state index < -0.39 is 22.2 Å². The first-order chi connectivity index (χ1) is 9.88. The van der Waals surface area contributed by atoms with Crippen LogP contribution in [0, 0.1) is 0 Å². The Bertz CT molecular complexity index is 596. The Balaban J connectivity index is 1.91. The molecule has 11 heteroatoms. The molecule has 1 N–H and O–H groups in total. The highest BCUT2D eigenvalue weighted by Gasteiger charge is 2.21. The van der Waals surface area contributed by atoms with Crippen molar-refractivity contribution in [2.24, 2.45) is 0 Å². The summed E-state index contributed by atoms with van der Waals surface area (Å²) in [4.78, 5) is 13.1. The maximum atomic E-state index is 11.9. The Morgan fingerprint density at radius 3 is 2.67 bits per heavy atom. The zero-order valence-electron chi connectivity index (χ0n) is 11.6. The molecule has 1 saturated heterocycles. The van der Waals surface area contributed by atoms with Gasteiger partial charge in [0.15, 0.2) is 6.29 Å². The van der Waals surface area contributed by atoms with E-state index in [1.807, 2.05) is 0 Å². The summed E-state index contributed by atoms with van der Waals surface area (Å²) in [5, 5.41) is 10.1. The maximum Gasteiger partial charge on any atom is 0.323 e. The van der Waals surface area contributed by atoms with Crippen molar-refractivity contribution in [2.45, 2.75) is 17.1 Å². The molecule has 1 aliphatic rings. The Hall–Kier alpha value is -1.30. The van der Waals surface area contributed by atoms with E-state index in [1.54, 1.807) is 0 Å². The molecule has 1 fully saturated rings. The largest absolute Gasteiger partial charge is 0.351 e. The minimum atomic E-state index is -3.42. The lowest BCUT2D eigenvalue weighted by atomic mass is 10.4. The molecular weight excluding hydrogens is 320 g/mol. The average Bonchev–Trinajstić information content (AvgIpc) is 2.95. The summed E-state index contributed by atoms with van der Waals surface area (Å²) in [6.07, 6.45) is 1.41. The van der Waals surface area contributed by atoms with Gasteiger partial charge in [-0.1, -0.05) is 11.3 Å². The topological polar surface area (TPSA) is 111 Å². The molecule has 0 saturated carbocycles. The Kier molecular flexibility index (Phi) is 5.08. The normalized spacial score (nSPS) is 16.7. The van der Waals surface area contributed by atoms with E-state index in [4.69, 9.17) is 9.47 Å². The second-order valence-electron chi connectivity index (χ2n) is 4.39. The second-order valence-corrected chi connectivity index (χ2v) is 7.54. The lowest BCUT2D eigenvalue weighted by molar-refractivity contribution is -0.173. The van der Waals surface area contributed by atoms with E-state index in [2.05, 4.69) is 15.5 Å². The van der Waals surface area contributed by atoms with Gasteiger partial charge in [-0.3, -0.25) is 4.90 Å². The maximum absolute atomic E-state index is 11.9. The Morgan fingerprint density at radius 1 is 1.43 bits per heavy atom. The molecule has 2 heterocycles. The van der Waals surface area contributed by atoms with Gasteiger partial charge in [0.1, 0.15) is 0 Å². The van der Waals surface area contributed by atoms with Crippen molar-refractivity contribution in [2.75, 3.05) is 38.0 Å². The minimum absolute atomic E-state index is 0.129. The molecule has 0 atom stereocenters. The van der Waals surface area contributed by atoms with E-state index >= 15 is 0 Å². The van der Waals surface area contributed by atoms with Crippen LogP contribution in [0.4, 0.5) is 9.93 Å². The van der Waals surface area contributed by atoms with Gasteiger partial charge in [0, 0.05) is 13.3 Å². The monoisotopic (exact) mass is 336 g/mol. The average molecular weight is 336 g/mol. The number of carbonyl (C=O) groups excluding carboxylic acids is 1. The number of ether oxygens (including phenoxy) is 2. The molecule has 0 unspecified atom stereocenters. The smallest absolute Gasteiger partial charge is 0.323 e. The van der Waals surface area contributed by atoms with Crippen molar-refractivity contribution in [3.63, 3.8) is 0 Å². The van der Waals surface area contributed by atoms with Gasteiger partial charge in [-0.25, -0.2) is 13.2 Å². The molecule has 0 aromatic carbocycles. The summed E-state index contributed by atoms with van der Waals surface area (Å²) < 4.78 is 33.1. The molecule has 0 aliphatic carbocycles. The molecule has 2 amide bonds. The zero-order valence-corrected chi connectivity index (χ0v) is 13.2. The van der Waals surface area contributed by atoms with Crippen LogP contribution in [0.15, 0.2) is 4.34 Å². The van der Waals surface area contributed by atoms with E-state index in [0.717, 1.165) is 24.0 Å². The van der Waals surface area contributed by atoms with Gasteiger partial charge in [-0.15, -0.1) is 10.2 Å². The number of urea groups is 1. The summed E-state index contributed by atoms with van der Waals surface area (Å²) in [6.45, 7) is 1.41. The fourth-order valence-corrected chi connectivity index (χ4v) is 3.08. The van der Waals surface area contributed by atoms with Gasteiger partial charge in [-0.2, -0.15) is 0 Å². The van der Waals surface area contributed by atoms with Crippen molar-refractivity contribution >= 4 is 32.3 Å². The van der Waals surface area contributed by atoms with Gasteiger partial charge in [0.2, 0.25) is 19.3 Å². The summed E-state index contributed by atoms with van der Waals surface area (Å²) in [5.41, 5.74) is 0. The lowest BCUT2D eigenvalue weighted by Gasteiger charge is -2.24. The van der Waals surface area contributed by atoms with Crippen LogP contribution in [0.5, 0.6) is 0 Å². The molecule has 21 heavy (non-hydrogen) atoms. The van der Waals surface area contributed by atoms with Gasteiger partial charge >= 0.3 is 6.03 Å². The van der Waals surface area contributed by atoms with Crippen LogP contribution in [0.1, 0.15) is 6.42 Å². The van der Waals surface area contributed by atoms with Crippen LogP contribution in [-0.4, -0.2) is 64.0 Å². The third-order valence-electron chi connectivity index (χ3n) is 2.62. The fraction of sp³-hybridized carbons (Fsp3) is 0.700. The highest BCUT2D eigenvalue weighted by atomic mass is 32.2. The van der Waals surface area contributed by atoms with Crippen molar-refractivity contribution < 1.29 is 22.7 Å². The molecule has 1 aromatic heterocycles. The number of hydrogen-bond donors (Lipinski definition) is 1. The van der Waals surface area contributed by atoms with Gasteiger partial charge in [0.05, 0.1) is 19.8 Å². The standard InChI is InChI=1S/C10H16N4O5S2/c1-14(9-12-13-10(20-9)21(2,16)17)8(15)11-6-7-18-4-3-5-19-7/h7H,3-6H2,1-2H3,(H,11,15). The van der Waals surface area contributed by atoms with E-state index in [9.17, 15) is 13.2 Å². The van der Waals surface area contributed by atoms with Crippen molar-refractivity contribution in [1.82, 2.24) is 15.5 Å². The van der Waals surface area contributed by atoms with Gasteiger partial charge in [-0.05, 0) is 6.42 Å². The van der Waals surface area contributed by atoms with E-state index in [-0.39, 0.29) is 16.0 Å². The number of rotatable bonds is 4. The highest BCUT2D eigenvalue weighted by molar-refractivity contribution is 7.92. The number of anilines is 1. The molecule has 0 radical (unpaired) electrons. The van der Waals surface area contributed by atoms with E-state index in [1.165, 1.54) is 11.9 Å². The number of sulfone groups is 1. The third kappa shape index (κ3) is 4.33. The molecule has 9 nitrogen and oxygen atoms in total. The van der Waals surface area contributed by atoms with Crippen LogP contribution in [0.2, 0.25) is 0 Å². The van der Waals surface area contributed by atoms with Crippen LogP contribution >= 0.6 is 11.3 Å². The second kappa shape index (κ2) is 6.64. The predicted octanol–water partition coefficient (Wildman–Crippen LogP) is -0.150. The van der Waals surface area contributed by atoms with Crippen molar-refractivity contribution in [3.05, 3.63) is 0 Å². The fourth-order valence-electron chi connectivity index (χ4n) is 1.52. The predicted molar refractivity (Wildman–Crippen MR) is 75.1 cm³/mol. The molecule has 1 aromatic rings. The summed E-state index contributed by atoms with van der Waals surface area (Å²) in [7, 11) is -1.95. The Labute approximate surface area is 126 Å². The van der Waals surface area contributed by atoms with Crippen molar-refractivity contribution in [3.8, 4) is 0 Å². The molecule has 118 valence electrons. The van der Waals surface area contributed by atoms with Crippen LogP contribution < -0.4 is 10.2 Å². The third-order valence-corrected chi connectivity index (χ3v) is 5.29. The van der Waals surface area contributed by atoms with Gasteiger partial charge < -0.3 is 14.8 Å². The first-order valence-electron chi connectivity index (χ1n) is 6.16. The van der Waals surface area contributed by atoms with Gasteiger partial charge in [0.25, 0.3) is 0 Å². The molecule has 2 rings (SSSR count).